The van der Waals surface area contributed by atoms with Crippen LogP contribution in [0.15, 0.2) is 18.3 Å². The maximum absolute atomic E-state index is 14.1. The molecule has 0 spiro atoms. The normalized spacial score (nSPS) is 20.5. The van der Waals surface area contributed by atoms with Crippen molar-refractivity contribution in [3.8, 4) is 29.5 Å². The molecule has 0 radical (unpaired) electrons. The largest absolute Gasteiger partial charge is 0.495 e. The zero-order valence-electron chi connectivity index (χ0n) is 17.8. The molecule has 2 aromatic rings. The lowest BCUT2D eigenvalue weighted by atomic mass is 9.97. The number of hydrogen-bond donors (Lipinski definition) is 2. The second-order valence-corrected chi connectivity index (χ2v) is 7.90. The molecule has 7 nitrogen and oxygen atoms in total. The van der Waals surface area contributed by atoms with Crippen LogP contribution in [0.3, 0.4) is 0 Å². The number of amides is 1. The first-order valence-electron chi connectivity index (χ1n) is 9.92. The highest BCUT2D eigenvalue weighted by molar-refractivity contribution is 5.94. The highest BCUT2D eigenvalue weighted by Crippen LogP contribution is 2.33. The first-order valence-corrected chi connectivity index (χ1v) is 9.92. The summed E-state index contributed by atoms with van der Waals surface area (Å²) in [6.45, 7) is 5.00. The van der Waals surface area contributed by atoms with Crippen molar-refractivity contribution in [2.45, 2.75) is 45.0 Å². The molecular formula is C23H24FN3O4. The zero-order chi connectivity index (χ0) is 22.8. The van der Waals surface area contributed by atoms with Crippen molar-refractivity contribution < 1.29 is 23.8 Å². The highest BCUT2D eigenvalue weighted by Gasteiger charge is 2.41. The molecule has 3 rings (SSSR count). The standard InChI is InChI=1S/C23H24FN3O4/c1-5-15-18(27-21(28)20(15)24)12-31-22-17-9-19(30-4)14(10-25)8-16(17)13(11-26-22)6-7-23(2,3)29/h8-9,11,15,18,20,29H,5,12H2,1-4H3,(H,27,28)/t15-,18+,20-/m0/s1. The van der Waals surface area contributed by atoms with Gasteiger partial charge in [-0.25, -0.2) is 9.37 Å². The number of pyridine rings is 1. The minimum atomic E-state index is -1.55. The van der Waals surface area contributed by atoms with Gasteiger partial charge in [-0.15, -0.1) is 0 Å². The molecule has 162 valence electrons. The topological polar surface area (TPSA) is 104 Å². The average molecular weight is 425 g/mol. The first-order chi connectivity index (χ1) is 14.7. The number of fused-ring (bicyclic) bond motifs is 1. The summed E-state index contributed by atoms with van der Waals surface area (Å²) in [7, 11) is 1.45. The van der Waals surface area contributed by atoms with Crippen molar-refractivity contribution in [2.75, 3.05) is 13.7 Å². The number of carbonyl (C=O) groups is 1. The number of rotatable bonds is 5. The predicted molar refractivity (Wildman–Crippen MR) is 112 cm³/mol. The van der Waals surface area contributed by atoms with E-state index in [0.717, 1.165) is 0 Å². The molecule has 1 fully saturated rings. The van der Waals surface area contributed by atoms with E-state index >= 15 is 0 Å². The van der Waals surface area contributed by atoms with E-state index < -0.39 is 29.6 Å². The molecule has 8 heteroatoms. The van der Waals surface area contributed by atoms with Crippen LogP contribution in [-0.2, 0) is 4.79 Å². The van der Waals surface area contributed by atoms with E-state index in [9.17, 15) is 19.6 Å². The Morgan fingerprint density at radius 1 is 1.32 bits per heavy atom. The number of benzene rings is 1. The van der Waals surface area contributed by atoms with Gasteiger partial charge in [0.2, 0.25) is 5.88 Å². The van der Waals surface area contributed by atoms with Gasteiger partial charge in [0.05, 0.1) is 24.3 Å². The molecule has 2 N–H and O–H groups in total. The number of hydrogen-bond acceptors (Lipinski definition) is 6. The summed E-state index contributed by atoms with van der Waals surface area (Å²) in [5.41, 5.74) is -0.383. The molecule has 0 unspecified atom stereocenters. The number of nitriles is 1. The summed E-state index contributed by atoms with van der Waals surface area (Å²) >= 11 is 0. The van der Waals surface area contributed by atoms with E-state index in [1.165, 1.54) is 13.3 Å². The molecule has 1 amide bonds. The molecule has 0 bridgehead atoms. The SMILES string of the molecule is CC[C@@H]1[C@H](F)C(=O)N[C@@H]1COc1ncc(C#CC(C)(C)O)c2cc(C#N)c(OC)cc12. The number of alkyl halides is 1. The number of methoxy groups -OCH3 is 1. The summed E-state index contributed by atoms with van der Waals surface area (Å²) < 4.78 is 25.2. The number of carbonyl (C=O) groups excluding carboxylic acids is 1. The van der Waals surface area contributed by atoms with Crippen molar-refractivity contribution in [2.24, 2.45) is 5.92 Å². The van der Waals surface area contributed by atoms with Gasteiger partial charge in [0.15, 0.2) is 6.17 Å². The number of aliphatic hydroxyl groups is 1. The van der Waals surface area contributed by atoms with Crippen LogP contribution in [-0.4, -0.2) is 47.5 Å². The lowest BCUT2D eigenvalue weighted by Gasteiger charge is -2.19. The van der Waals surface area contributed by atoms with Crippen LogP contribution >= 0.6 is 0 Å². The molecule has 1 aromatic heterocycles. The van der Waals surface area contributed by atoms with Crippen LogP contribution in [0.2, 0.25) is 0 Å². The molecule has 1 saturated heterocycles. The third kappa shape index (κ3) is 4.70. The fourth-order valence-corrected chi connectivity index (χ4v) is 3.53. The van der Waals surface area contributed by atoms with Crippen LogP contribution in [0.5, 0.6) is 11.6 Å². The lowest BCUT2D eigenvalue weighted by molar-refractivity contribution is -0.123. The molecule has 1 aliphatic heterocycles. The van der Waals surface area contributed by atoms with Crippen molar-refractivity contribution in [1.82, 2.24) is 10.3 Å². The van der Waals surface area contributed by atoms with E-state index in [0.29, 0.717) is 34.1 Å². The van der Waals surface area contributed by atoms with Crippen molar-refractivity contribution in [1.29, 1.82) is 5.26 Å². The highest BCUT2D eigenvalue weighted by atomic mass is 19.1. The molecule has 1 aromatic carbocycles. The van der Waals surface area contributed by atoms with Gasteiger partial charge >= 0.3 is 0 Å². The summed E-state index contributed by atoms with van der Waals surface area (Å²) in [5.74, 6) is 5.12. The Labute approximate surface area is 180 Å². The van der Waals surface area contributed by atoms with Gasteiger partial charge in [0.1, 0.15) is 24.0 Å². The van der Waals surface area contributed by atoms with Crippen molar-refractivity contribution in [3.05, 3.63) is 29.5 Å². The zero-order valence-corrected chi connectivity index (χ0v) is 17.8. The van der Waals surface area contributed by atoms with E-state index in [4.69, 9.17) is 9.47 Å². The fourth-order valence-electron chi connectivity index (χ4n) is 3.53. The van der Waals surface area contributed by atoms with E-state index in [2.05, 4.69) is 28.2 Å². The lowest BCUT2D eigenvalue weighted by Crippen LogP contribution is -2.34. The monoisotopic (exact) mass is 425 g/mol. The molecule has 0 saturated carbocycles. The first kappa shape index (κ1) is 22.3. The molecule has 0 aliphatic carbocycles. The Balaban J connectivity index is 2.03. The fraction of sp³-hybridized carbons (Fsp3) is 0.435. The minimum Gasteiger partial charge on any atom is -0.495 e. The van der Waals surface area contributed by atoms with Crippen LogP contribution in [0.25, 0.3) is 10.8 Å². The number of nitrogens with zero attached hydrogens (tertiary/aromatic N) is 2. The van der Waals surface area contributed by atoms with E-state index in [-0.39, 0.29) is 12.5 Å². The molecular weight excluding hydrogens is 401 g/mol. The van der Waals surface area contributed by atoms with Crippen molar-refractivity contribution >= 4 is 16.7 Å². The maximum Gasteiger partial charge on any atom is 0.255 e. The van der Waals surface area contributed by atoms with E-state index in [1.807, 2.05) is 6.92 Å². The second-order valence-electron chi connectivity index (χ2n) is 7.90. The van der Waals surface area contributed by atoms with E-state index in [1.54, 1.807) is 26.0 Å². The number of ether oxygens (including phenoxy) is 2. The van der Waals surface area contributed by atoms with Crippen LogP contribution in [0, 0.1) is 29.1 Å². The Kier molecular flexibility index (Phi) is 6.33. The van der Waals surface area contributed by atoms with Crippen molar-refractivity contribution in [3.63, 3.8) is 0 Å². The Morgan fingerprint density at radius 3 is 2.68 bits per heavy atom. The predicted octanol–water partition coefficient (Wildman–Crippen LogP) is 2.48. The Bertz CT molecular complexity index is 1110. The van der Waals surface area contributed by atoms with Gasteiger partial charge in [-0.3, -0.25) is 4.79 Å². The van der Waals surface area contributed by atoms with Gasteiger partial charge in [-0.1, -0.05) is 18.8 Å². The average Bonchev–Trinajstić information content (AvgIpc) is 3.01. The minimum absolute atomic E-state index is 0.0454. The number of halogens is 1. The third-order valence-electron chi connectivity index (χ3n) is 5.14. The Morgan fingerprint density at radius 2 is 2.06 bits per heavy atom. The molecule has 3 atom stereocenters. The maximum atomic E-state index is 14.1. The molecule has 31 heavy (non-hydrogen) atoms. The summed E-state index contributed by atoms with van der Waals surface area (Å²) in [6.07, 6.45) is 0.431. The second kappa shape index (κ2) is 8.79. The smallest absolute Gasteiger partial charge is 0.255 e. The Hall–Kier alpha value is -3.36. The quantitative estimate of drug-likeness (QED) is 0.714. The summed E-state index contributed by atoms with van der Waals surface area (Å²) in [4.78, 5) is 16.0. The third-order valence-corrected chi connectivity index (χ3v) is 5.14. The molecule has 2 heterocycles. The van der Waals surface area contributed by atoms with Gasteiger partial charge in [-0.2, -0.15) is 5.26 Å². The van der Waals surface area contributed by atoms with Crippen LogP contribution in [0.4, 0.5) is 4.39 Å². The number of nitrogens with one attached hydrogen (secondary N) is 1. The number of aromatic nitrogens is 1. The van der Waals surface area contributed by atoms with Gasteiger partial charge < -0.3 is 19.9 Å². The van der Waals surface area contributed by atoms with Crippen LogP contribution in [0.1, 0.15) is 38.3 Å². The summed E-state index contributed by atoms with van der Waals surface area (Å²) in [5, 5.41) is 23.2. The summed E-state index contributed by atoms with van der Waals surface area (Å²) in [6, 6.07) is 4.87. The van der Waals surface area contributed by atoms with Gasteiger partial charge in [0.25, 0.3) is 5.91 Å². The van der Waals surface area contributed by atoms with Gasteiger partial charge in [-0.05, 0) is 32.4 Å². The molecule has 1 aliphatic rings. The van der Waals surface area contributed by atoms with Crippen LogP contribution < -0.4 is 14.8 Å². The van der Waals surface area contributed by atoms with Gasteiger partial charge in [0, 0.05) is 22.9 Å².